The van der Waals surface area contributed by atoms with Crippen LogP contribution in [0, 0.1) is 6.92 Å². The standard InChI is InChI=1S/C21H21Cl2N5O4S/c1-11-16(22)17(23)18(26-11)19(29)27-13-5-7-28(21-25-8-15(33-21)20(30)31)9-14(13)32-10-12-4-2-3-6-24-12/h2-4,6,8,13-14,26H,5,7,9-10H2,1H3,(H,27,29)(H,30,31). The Morgan fingerprint density at radius 3 is 2.79 bits per heavy atom. The fourth-order valence-electron chi connectivity index (χ4n) is 3.58. The highest BCUT2D eigenvalue weighted by molar-refractivity contribution is 7.17. The number of amides is 1. The Labute approximate surface area is 203 Å². The van der Waals surface area contributed by atoms with Gasteiger partial charge in [0.15, 0.2) is 5.13 Å². The van der Waals surface area contributed by atoms with Crippen molar-refractivity contribution in [3.63, 3.8) is 0 Å². The molecular formula is C21H21Cl2N5O4S. The summed E-state index contributed by atoms with van der Waals surface area (Å²) in [7, 11) is 0. The van der Waals surface area contributed by atoms with Crippen molar-refractivity contribution in [3.8, 4) is 0 Å². The van der Waals surface area contributed by atoms with E-state index in [9.17, 15) is 14.7 Å². The summed E-state index contributed by atoms with van der Waals surface area (Å²) in [5.41, 5.74) is 1.58. The molecule has 0 spiro atoms. The van der Waals surface area contributed by atoms with Crippen LogP contribution in [0.15, 0.2) is 30.6 Å². The Hall–Kier alpha value is -2.66. The van der Waals surface area contributed by atoms with Crippen LogP contribution in [-0.4, -0.2) is 57.2 Å². The van der Waals surface area contributed by atoms with Crippen LogP contribution in [0.2, 0.25) is 10.0 Å². The van der Waals surface area contributed by atoms with E-state index < -0.39 is 12.1 Å². The Balaban J connectivity index is 1.50. The first-order chi connectivity index (χ1) is 15.8. The van der Waals surface area contributed by atoms with Crippen molar-refractivity contribution in [1.82, 2.24) is 20.3 Å². The van der Waals surface area contributed by atoms with Gasteiger partial charge in [0.25, 0.3) is 5.91 Å². The summed E-state index contributed by atoms with van der Waals surface area (Å²) in [6.07, 6.45) is 3.20. The third-order valence-electron chi connectivity index (χ3n) is 5.30. The number of piperidine rings is 1. The van der Waals surface area contributed by atoms with Crippen LogP contribution in [-0.2, 0) is 11.3 Å². The minimum absolute atomic E-state index is 0.167. The second-order valence-electron chi connectivity index (χ2n) is 7.55. The van der Waals surface area contributed by atoms with Gasteiger partial charge in [0, 0.05) is 25.0 Å². The lowest BCUT2D eigenvalue weighted by Crippen LogP contribution is -2.55. The minimum Gasteiger partial charge on any atom is -0.477 e. The summed E-state index contributed by atoms with van der Waals surface area (Å²) in [5, 5.41) is 13.3. The maximum atomic E-state index is 12.9. The van der Waals surface area contributed by atoms with Crippen LogP contribution >= 0.6 is 34.5 Å². The summed E-state index contributed by atoms with van der Waals surface area (Å²) >= 11 is 13.4. The van der Waals surface area contributed by atoms with Gasteiger partial charge in [-0.15, -0.1) is 0 Å². The van der Waals surface area contributed by atoms with E-state index in [1.807, 2.05) is 23.1 Å². The van der Waals surface area contributed by atoms with Crippen molar-refractivity contribution >= 4 is 51.5 Å². The first kappa shape index (κ1) is 23.5. The molecule has 1 saturated heterocycles. The molecule has 2 unspecified atom stereocenters. The van der Waals surface area contributed by atoms with Crippen LogP contribution in [0.3, 0.4) is 0 Å². The van der Waals surface area contributed by atoms with Crippen molar-refractivity contribution in [2.75, 3.05) is 18.0 Å². The van der Waals surface area contributed by atoms with Crippen LogP contribution in [0.5, 0.6) is 0 Å². The number of carbonyl (C=O) groups is 2. The number of pyridine rings is 1. The number of thiazole rings is 1. The molecule has 4 heterocycles. The molecule has 0 aromatic carbocycles. The lowest BCUT2D eigenvalue weighted by atomic mass is 10.0. The highest BCUT2D eigenvalue weighted by Crippen LogP contribution is 2.30. The van der Waals surface area contributed by atoms with E-state index in [1.165, 1.54) is 6.20 Å². The zero-order valence-electron chi connectivity index (χ0n) is 17.5. The molecule has 3 N–H and O–H groups in total. The lowest BCUT2D eigenvalue weighted by molar-refractivity contribution is 0.00825. The summed E-state index contributed by atoms with van der Waals surface area (Å²) in [6.45, 7) is 2.99. The predicted molar refractivity (Wildman–Crippen MR) is 126 cm³/mol. The van der Waals surface area contributed by atoms with Crippen molar-refractivity contribution in [3.05, 3.63) is 62.6 Å². The highest BCUT2D eigenvalue weighted by Gasteiger charge is 2.34. The number of aromatic amines is 1. The number of halogens is 2. The number of carboxylic acids is 1. The van der Waals surface area contributed by atoms with Gasteiger partial charge in [0.05, 0.1) is 40.7 Å². The summed E-state index contributed by atoms with van der Waals surface area (Å²) in [6, 6.07) is 5.25. The number of aromatic carboxylic acids is 1. The fraction of sp³-hybridized carbons (Fsp3) is 0.333. The first-order valence-electron chi connectivity index (χ1n) is 10.1. The molecule has 4 rings (SSSR count). The van der Waals surface area contributed by atoms with Gasteiger partial charge in [-0.3, -0.25) is 9.78 Å². The maximum Gasteiger partial charge on any atom is 0.347 e. The molecule has 1 aliphatic rings. The van der Waals surface area contributed by atoms with Gasteiger partial charge in [-0.25, -0.2) is 9.78 Å². The number of hydrogen-bond acceptors (Lipinski definition) is 7. The second kappa shape index (κ2) is 10.1. The van der Waals surface area contributed by atoms with Gasteiger partial charge in [-0.1, -0.05) is 40.6 Å². The van der Waals surface area contributed by atoms with Gasteiger partial charge in [0.2, 0.25) is 0 Å². The Bertz CT molecular complexity index is 1150. The number of rotatable bonds is 7. The number of ether oxygens (including phenoxy) is 1. The van der Waals surface area contributed by atoms with E-state index in [4.69, 9.17) is 27.9 Å². The van der Waals surface area contributed by atoms with E-state index in [0.29, 0.717) is 35.4 Å². The predicted octanol–water partition coefficient (Wildman–Crippen LogP) is 3.77. The van der Waals surface area contributed by atoms with Crippen LogP contribution in [0.25, 0.3) is 0 Å². The van der Waals surface area contributed by atoms with Crippen molar-refractivity contribution < 1.29 is 19.4 Å². The van der Waals surface area contributed by atoms with Gasteiger partial charge in [-0.05, 0) is 25.5 Å². The average Bonchev–Trinajstić information content (AvgIpc) is 3.41. The number of aromatic nitrogens is 3. The van der Waals surface area contributed by atoms with E-state index in [0.717, 1.165) is 17.0 Å². The number of carbonyl (C=O) groups excluding carboxylic acids is 1. The molecule has 1 aliphatic heterocycles. The Morgan fingerprint density at radius 2 is 2.15 bits per heavy atom. The molecule has 1 amide bonds. The van der Waals surface area contributed by atoms with Crippen molar-refractivity contribution in [2.24, 2.45) is 0 Å². The quantitative estimate of drug-likeness (QED) is 0.443. The smallest absolute Gasteiger partial charge is 0.347 e. The van der Waals surface area contributed by atoms with E-state index >= 15 is 0 Å². The molecule has 3 aromatic rings. The molecule has 0 saturated carbocycles. The fourth-order valence-corrected chi connectivity index (χ4v) is 4.79. The second-order valence-corrected chi connectivity index (χ2v) is 9.32. The van der Waals surface area contributed by atoms with Gasteiger partial charge >= 0.3 is 5.97 Å². The zero-order chi connectivity index (χ0) is 23.5. The number of aryl methyl sites for hydroxylation is 1. The van der Waals surface area contributed by atoms with Crippen LogP contribution < -0.4 is 10.2 Å². The van der Waals surface area contributed by atoms with E-state index in [1.54, 1.807) is 13.1 Å². The molecule has 2 atom stereocenters. The van der Waals surface area contributed by atoms with Gasteiger partial charge in [-0.2, -0.15) is 0 Å². The monoisotopic (exact) mass is 509 g/mol. The highest BCUT2D eigenvalue weighted by atomic mass is 35.5. The lowest BCUT2D eigenvalue weighted by Gasteiger charge is -2.38. The molecule has 12 heteroatoms. The zero-order valence-corrected chi connectivity index (χ0v) is 19.9. The third kappa shape index (κ3) is 5.30. The van der Waals surface area contributed by atoms with Gasteiger partial charge < -0.3 is 25.0 Å². The average molecular weight is 510 g/mol. The topological polar surface area (TPSA) is 120 Å². The molecule has 33 heavy (non-hydrogen) atoms. The molecule has 0 aliphatic carbocycles. The normalized spacial score (nSPS) is 18.3. The molecule has 0 radical (unpaired) electrons. The number of nitrogens with zero attached hydrogens (tertiary/aromatic N) is 3. The van der Waals surface area contributed by atoms with Crippen molar-refractivity contribution in [2.45, 2.75) is 32.1 Å². The molecule has 1 fully saturated rings. The molecule has 9 nitrogen and oxygen atoms in total. The number of nitrogens with one attached hydrogen (secondary N) is 2. The largest absolute Gasteiger partial charge is 0.477 e. The SMILES string of the molecule is Cc1[nH]c(C(=O)NC2CCN(c3ncc(C(=O)O)s3)CC2OCc2ccccn2)c(Cl)c1Cl. The van der Waals surface area contributed by atoms with E-state index in [2.05, 4.69) is 20.3 Å². The summed E-state index contributed by atoms with van der Waals surface area (Å²) < 4.78 is 6.16. The molecule has 3 aromatic heterocycles. The molecule has 174 valence electrons. The number of hydrogen-bond donors (Lipinski definition) is 3. The van der Waals surface area contributed by atoms with Crippen LogP contribution in [0.4, 0.5) is 5.13 Å². The van der Waals surface area contributed by atoms with E-state index in [-0.39, 0.29) is 34.1 Å². The summed E-state index contributed by atoms with van der Waals surface area (Å²) in [4.78, 5) is 37.7. The first-order valence-corrected chi connectivity index (χ1v) is 11.7. The molecule has 0 bridgehead atoms. The minimum atomic E-state index is -1.01. The van der Waals surface area contributed by atoms with Gasteiger partial charge in [0.1, 0.15) is 10.6 Å². The summed E-state index contributed by atoms with van der Waals surface area (Å²) in [5.74, 6) is -1.39. The van der Waals surface area contributed by atoms with Crippen molar-refractivity contribution in [1.29, 1.82) is 0 Å². The number of H-pyrrole nitrogens is 1. The van der Waals surface area contributed by atoms with Crippen LogP contribution in [0.1, 0.15) is 38.0 Å². The maximum absolute atomic E-state index is 12.9. The molecular weight excluding hydrogens is 489 g/mol. The Morgan fingerprint density at radius 1 is 1.33 bits per heavy atom. The Kier molecular flexibility index (Phi) is 7.18. The number of anilines is 1. The number of carboxylic acid groups (broad SMARTS) is 1. The third-order valence-corrected chi connectivity index (χ3v) is 7.30.